The van der Waals surface area contributed by atoms with Crippen molar-refractivity contribution in [2.45, 2.75) is 46.1 Å². The van der Waals surface area contributed by atoms with E-state index in [9.17, 15) is 9.59 Å². The Morgan fingerprint density at radius 1 is 1.14 bits per heavy atom. The first-order valence-corrected chi connectivity index (χ1v) is 7.49. The van der Waals surface area contributed by atoms with E-state index in [2.05, 4.69) is 17.4 Å². The van der Waals surface area contributed by atoms with Crippen LogP contribution in [0.5, 0.6) is 0 Å². The zero-order chi connectivity index (χ0) is 15.8. The van der Waals surface area contributed by atoms with Crippen LogP contribution in [0, 0.1) is 11.8 Å². The number of nitrogens with one attached hydrogen (secondary N) is 1. The van der Waals surface area contributed by atoms with E-state index >= 15 is 0 Å². The normalized spacial score (nSPS) is 13.7. The molecule has 0 spiro atoms. The van der Waals surface area contributed by atoms with E-state index in [0.29, 0.717) is 0 Å². The molecule has 0 aromatic heterocycles. The molecule has 4 heteroatoms. The lowest BCUT2D eigenvalue weighted by Gasteiger charge is -2.20. The maximum Gasteiger partial charge on any atom is 0.326 e. The second-order valence-electron chi connectivity index (χ2n) is 5.85. The minimum absolute atomic E-state index is 0.122. The van der Waals surface area contributed by atoms with Gasteiger partial charge in [0.25, 0.3) is 0 Å². The molecule has 1 aromatic carbocycles. The second kappa shape index (κ2) is 8.45. The third-order valence-corrected chi connectivity index (χ3v) is 3.62. The predicted octanol–water partition coefficient (Wildman–Crippen LogP) is 2.87. The molecule has 0 aliphatic carbocycles. The molecule has 0 aliphatic heterocycles. The monoisotopic (exact) mass is 291 g/mol. The highest BCUT2D eigenvalue weighted by molar-refractivity contribution is 5.84. The maximum absolute atomic E-state index is 12.0. The summed E-state index contributed by atoms with van der Waals surface area (Å²) >= 11 is 0. The van der Waals surface area contributed by atoms with E-state index in [4.69, 9.17) is 5.11 Å². The molecular formula is C17H25NO3. The molecule has 0 bridgehead atoms. The van der Waals surface area contributed by atoms with E-state index in [1.807, 2.05) is 25.1 Å². The van der Waals surface area contributed by atoms with E-state index < -0.39 is 12.0 Å². The molecule has 0 radical (unpaired) electrons. The topological polar surface area (TPSA) is 66.4 Å². The summed E-state index contributed by atoms with van der Waals surface area (Å²) in [7, 11) is 0. The number of aliphatic carboxylic acids is 1. The molecule has 116 valence electrons. The summed E-state index contributed by atoms with van der Waals surface area (Å²) in [5.41, 5.74) is 1.26. The van der Waals surface area contributed by atoms with Gasteiger partial charge in [-0.25, -0.2) is 4.79 Å². The first kappa shape index (κ1) is 17.2. The Bertz CT molecular complexity index is 456. The highest BCUT2D eigenvalue weighted by Gasteiger charge is 2.25. The quantitative estimate of drug-likeness (QED) is 0.774. The fourth-order valence-electron chi connectivity index (χ4n) is 2.20. The molecule has 0 aliphatic rings. The van der Waals surface area contributed by atoms with Gasteiger partial charge in [0.15, 0.2) is 0 Å². The molecule has 1 rings (SSSR count). The smallest absolute Gasteiger partial charge is 0.326 e. The molecule has 2 atom stereocenters. The van der Waals surface area contributed by atoms with Gasteiger partial charge in [0.2, 0.25) is 5.91 Å². The van der Waals surface area contributed by atoms with Crippen molar-refractivity contribution >= 4 is 11.9 Å². The molecule has 21 heavy (non-hydrogen) atoms. The summed E-state index contributed by atoms with van der Waals surface area (Å²) in [4.78, 5) is 23.1. The van der Waals surface area contributed by atoms with Crippen molar-refractivity contribution in [3.63, 3.8) is 0 Å². The SMILES string of the molecule is CC(CCCc1ccccc1)C(=O)N[C@@H](C(=O)O)C(C)C. The van der Waals surface area contributed by atoms with E-state index in [-0.39, 0.29) is 17.7 Å². The fourth-order valence-corrected chi connectivity index (χ4v) is 2.20. The molecule has 0 heterocycles. The summed E-state index contributed by atoms with van der Waals surface area (Å²) in [5, 5.41) is 11.7. The number of benzene rings is 1. The number of carboxylic acid groups (broad SMARTS) is 1. The van der Waals surface area contributed by atoms with Crippen molar-refractivity contribution < 1.29 is 14.7 Å². The van der Waals surface area contributed by atoms with Crippen molar-refractivity contribution in [2.75, 3.05) is 0 Å². The number of aryl methyl sites for hydroxylation is 1. The van der Waals surface area contributed by atoms with Crippen molar-refractivity contribution in [2.24, 2.45) is 11.8 Å². The highest BCUT2D eigenvalue weighted by atomic mass is 16.4. The maximum atomic E-state index is 12.0. The lowest BCUT2D eigenvalue weighted by Crippen LogP contribution is -2.46. The Balaban J connectivity index is 2.39. The van der Waals surface area contributed by atoms with Gasteiger partial charge < -0.3 is 10.4 Å². The number of rotatable bonds is 8. The van der Waals surface area contributed by atoms with Crippen LogP contribution in [0.2, 0.25) is 0 Å². The number of hydrogen-bond acceptors (Lipinski definition) is 2. The Labute approximate surface area is 126 Å². The molecule has 2 N–H and O–H groups in total. The van der Waals surface area contributed by atoms with Crippen LogP contribution in [0.1, 0.15) is 39.2 Å². The molecule has 0 fully saturated rings. The third kappa shape index (κ3) is 5.98. The molecule has 4 nitrogen and oxygen atoms in total. The molecule has 1 amide bonds. The lowest BCUT2D eigenvalue weighted by molar-refractivity contribution is -0.143. The number of carboxylic acids is 1. The van der Waals surface area contributed by atoms with Crippen LogP contribution in [0.3, 0.4) is 0 Å². The van der Waals surface area contributed by atoms with E-state index in [1.54, 1.807) is 13.8 Å². The summed E-state index contributed by atoms with van der Waals surface area (Å²) in [6.07, 6.45) is 2.61. The summed E-state index contributed by atoms with van der Waals surface area (Å²) in [6.45, 7) is 5.43. The highest BCUT2D eigenvalue weighted by Crippen LogP contribution is 2.12. The molecule has 0 saturated heterocycles. The zero-order valence-electron chi connectivity index (χ0n) is 13.0. The molecule has 1 aromatic rings. The summed E-state index contributed by atoms with van der Waals surface area (Å²) in [6, 6.07) is 9.33. The average molecular weight is 291 g/mol. The van der Waals surface area contributed by atoms with Gasteiger partial charge in [-0.1, -0.05) is 51.1 Å². The minimum atomic E-state index is -0.977. The van der Waals surface area contributed by atoms with Crippen molar-refractivity contribution in [1.82, 2.24) is 5.32 Å². The van der Waals surface area contributed by atoms with Crippen LogP contribution in [0.25, 0.3) is 0 Å². The van der Waals surface area contributed by atoms with E-state index in [1.165, 1.54) is 5.56 Å². The van der Waals surface area contributed by atoms with Crippen LogP contribution in [0.15, 0.2) is 30.3 Å². The second-order valence-corrected chi connectivity index (χ2v) is 5.85. The Kier molecular flexibility index (Phi) is 6.92. The fraction of sp³-hybridized carbons (Fsp3) is 0.529. The third-order valence-electron chi connectivity index (χ3n) is 3.62. The van der Waals surface area contributed by atoms with Gasteiger partial charge in [-0.2, -0.15) is 0 Å². The molecular weight excluding hydrogens is 266 g/mol. The number of carbonyl (C=O) groups is 2. The number of carbonyl (C=O) groups excluding carboxylic acids is 1. The first-order valence-electron chi connectivity index (χ1n) is 7.49. The number of amides is 1. The van der Waals surface area contributed by atoms with Crippen molar-refractivity contribution in [3.05, 3.63) is 35.9 Å². The van der Waals surface area contributed by atoms with Crippen LogP contribution < -0.4 is 5.32 Å². The lowest BCUT2D eigenvalue weighted by atomic mass is 9.98. The van der Waals surface area contributed by atoms with Crippen molar-refractivity contribution in [1.29, 1.82) is 0 Å². The van der Waals surface area contributed by atoms with Crippen LogP contribution in [-0.4, -0.2) is 23.0 Å². The van der Waals surface area contributed by atoms with Gasteiger partial charge in [0.05, 0.1) is 0 Å². The van der Waals surface area contributed by atoms with E-state index in [0.717, 1.165) is 19.3 Å². The van der Waals surface area contributed by atoms with Gasteiger partial charge in [0.1, 0.15) is 6.04 Å². The average Bonchev–Trinajstić information content (AvgIpc) is 2.44. The Hall–Kier alpha value is -1.84. The van der Waals surface area contributed by atoms with Gasteiger partial charge in [-0.05, 0) is 30.7 Å². The van der Waals surface area contributed by atoms with Gasteiger partial charge in [0, 0.05) is 5.92 Å². The summed E-state index contributed by atoms with van der Waals surface area (Å²) in [5.74, 6) is -1.45. The van der Waals surface area contributed by atoms with Crippen molar-refractivity contribution in [3.8, 4) is 0 Å². The van der Waals surface area contributed by atoms with Gasteiger partial charge in [-0.15, -0.1) is 0 Å². The van der Waals surface area contributed by atoms with Gasteiger partial charge in [-0.3, -0.25) is 4.79 Å². The zero-order valence-corrected chi connectivity index (χ0v) is 13.0. The van der Waals surface area contributed by atoms with Crippen LogP contribution in [-0.2, 0) is 16.0 Å². The Morgan fingerprint density at radius 2 is 1.76 bits per heavy atom. The largest absolute Gasteiger partial charge is 0.480 e. The van der Waals surface area contributed by atoms with Gasteiger partial charge >= 0.3 is 5.97 Å². The predicted molar refractivity (Wildman–Crippen MR) is 82.9 cm³/mol. The first-order chi connectivity index (χ1) is 9.91. The molecule has 1 unspecified atom stereocenters. The molecule has 0 saturated carbocycles. The number of hydrogen-bond donors (Lipinski definition) is 2. The van der Waals surface area contributed by atoms with Crippen LogP contribution in [0.4, 0.5) is 0 Å². The van der Waals surface area contributed by atoms with Crippen LogP contribution >= 0.6 is 0 Å². The standard InChI is InChI=1S/C17H25NO3/c1-12(2)15(17(20)21)18-16(19)13(3)8-7-11-14-9-5-4-6-10-14/h4-6,9-10,12-13,15H,7-8,11H2,1-3H3,(H,18,19)(H,20,21)/t13?,15-/m1/s1. The summed E-state index contributed by atoms with van der Waals surface area (Å²) < 4.78 is 0. The minimum Gasteiger partial charge on any atom is -0.480 e. The Morgan fingerprint density at radius 3 is 2.29 bits per heavy atom.